The zero-order chi connectivity index (χ0) is 14.8. The Morgan fingerprint density at radius 3 is 2.86 bits per heavy atom. The van der Waals surface area contributed by atoms with Gasteiger partial charge in [-0.25, -0.2) is 4.79 Å². The fourth-order valence-electron chi connectivity index (χ4n) is 2.72. The molecule has 1 aromatic carbocycles. The molecule has 1 aliphatic heterocycles. The summed E-state index contributed by atoms with van der Waals surface area (Å²) in [5, 5.41) is 4.10. The normalized spacial score (nSPS) is 17.4. The number of amides is 1. The van der Waals surface area contributed by atoms with Crippen LogP contribution in [0.3, 0.4) is 0 Å². The van der Waals surface area contributed by atoms with Gasteiger partial charge in [0.25, 0.3) is 0 Å². The van der Waals surface area contributed by atoms with Crippen LogP contribution in [0.25, 0.3) is 10.9 Å². The minimum Gasteiger partial charge on any atom is -0.447 e. The summed E-state index contributed by atoms with van der Waals surface area (Å²) in [6, 6.07) is 6.53. The number of hydrogen-bond acceptors (Lipinski definition) is 3. The summed E-state index contributed by atoms with van der Waals surface area (Å²) in [6.45, 7) is 1.49. The van der Waals surface area contributed by atoms with E-state index in [0.717, 1.165) is 19.4 Å². The maximum absolute atomic E-state index is 11.1. The summed E-state index contributed by atoms with van der Waals surface area (Å²) >= 11 is 0. The molecule has 0 radical (unpaired) electrons. The zero-order valence-corrected chi connectivity index (χ0v) is 13.0. The van der Waals surface area contributed by atoms with Crippen molar-refractivity contribution in [1.82, 2.24) is 15.2 Å². The first-order valence-corrected chi connectivity index (χ1v) is 7.29. The van der Waals surface area contributed by atoms with E-state index in [4.69, 9.17) is 4.74 Å². The molecular weight excluding hydrogens is 282 g/mol. The third-order valence-corrected chi connectivity index (χ3v) is 3.88. The summed E-state index contributed by atoms with van der Waals surface area (Å²) < 4.78 is 4.94. The van der Waals surface area contributed by atoms with Crippen molar-refractivity contribution in [2.24, 2.45) is 0 Å². The second-order valence-electron chi connectivity index (χ2n) is 5.89. The first kappa shape index (κ1) is 16.3. The van der Waals surface area contributed by atoms with Crippen LogP contribution in [0.1, 0.15) is 11.1 Å². The Kier molecular flexibility index (Phi) is 5.05. The molecule has 0 spiro atoms. The Labute approximate surface area is 129 Å². The largest absolute Gasteiger partial charge is 0.447 e. The number of nitrogens with one attached hydrogen (secondary N) is 2. The number of aromatic nitrogens is 1. The molecule has 0 bridgehead atoms. The van der Waals surface area contributed by atoms with Gasteiger partial charge in [0.1, 0.15) is 6.61 Å². The highest BCUT2D eigenvalue weighted by atomic mass is 16.6. The molecule has 0 saturated carbocycles. The van der Waals surface area contributed by atoms with Gasteiger partial charge in [-0.2, -0.15) is 0 Å². The van der Waals surface area contributed by atoms with Crippen molar-refractivity contribution in [2.75, 3.05) is 27.2 Å². The molecule has 1 unspecified atom stereocenters. The lowest BCUT2D eigenvalue weighted by atomic mass is 10.0. The zero-order valence-electron chi connectivity index (χ0n) is 13.0. The van der Waals surface area contributed by atoms with Crippen LogP contribution in [-0.2, 0) is 17.6 Å². The van der Waals surface area contributed by atoms with Gasteiger partial charge in [-0.05, 0) is 50.2 Å². The highest BCUT2D eigenvalue weighted by molar-refractivity contribution is 5.84. The maximum Gasteiger partial charge on any atom is 0.407 e. The SMILES string of the molecule is CN(C)CCc1c[nH]c2ccc(CC3COC(=O)N3)cc12.O. The molecule has 120 valence electrons. The van der Waals surface area contributed by atoms with Crippen molar-refractivity contribution in [1.29, 1.82) is 0 Å². The van der Waals surface area contributed by atoms with E-state index in [2.05, 4.69) is 53.7 Å². The Morgan fingerprint density at radius 1 is 1.36 bits per heavy atom. The molecule has 22 heavy (non-hydrogen) atoms. The van der Waals surface area contributed by atoms with Crippen LogP contribution in [-0.4, -0.2) is 54.7 Å². The number of nitrogens with zero attached hydrogens (tertiary/aromatic N) is 1. The first-order chi connectivity index (χ1) is 10.1. The summed E-state index contributed by atoms with van der Waals surface area (Å²) in [4.78, 5) is 16.6. The first-order valence-electron chi connectivity index (χ1n) is 7.29. The molecule has 6 heteroatoms. The highest BCUT2D eigenvalue weighted by Gasteiger charge is 2.22. The summed E-state index contributed by atoms with van der Waals surface area (Å²) in [7, 11) is 4.17. The number of likely N-dealkylation sites (N-methyl/N-ethyl adjacent to an activating group) is 1. The predicted molar refractivity (Wildman–Crippen MR) is 86.1 cm³/mol. The number of benzene rings is 1. The minimum absolute atomic E-state index is 0. The quantitative estimate of drug-likeness (QED) is 0.867. The lowest BCUT2D eigenvalue weighted by Gasteiger charge is -2.09. The van der Waals surface area contributed by atoms with Crippen LogP contribution in [0.5, 0.6) is 0 Å². The molecule has 1 fully saturated rings. The van der Waals surface area contributed by atoms with Crippen LogP contribution in [0.15, 0.2) is 24.4 Å². The highest BCUT2D eigenvalue weighted by Crippen LogP contribution is 2.21. The van der Waals surface area contributed by atoms with Gasteiger partial charge in [-0.1, -0.05) is 6.07 Å². The number of carbonyl (C=O) groups excluding carboxylic acids is 1. The third kappa shape index (κ3) is 3.58. The van der Waals surface area contributed by atoms with Gasteiger partial charge in [-0.3, -0.25) is 0 Å². The molecule has 1 aromatic heterocycles. The third-order valence-electron chi connectivity index (χ3n) is 3.88. The molecule has 3 rings (SSSR count). The topological polar surface area (TPSA) is 88.9 Å². The van der Waals surface area contributed by atoms with Gasteiger partial charge in [0.15, 0.2) is 0 Å². The average Bonchev–Trinajstić information content (AvgIpc) is 3.03. The molecule has 1 amide bonds. The fourth-order valence-corrected chi connectivity index (χ4v) is 2.72. The Hall–Kier alpha value is -2.05. The van der Waals surface area contributed by atoms with Crippen LogP contribution in [0.4, 0.5) is 4.79 Å². The summed E-state index contributed by atoms with van der Waals surface area (Å²) in [5.41, 5.74) is 3.73. The van der Waals surface area contributed by atoms with Crippen LogP contribution < -0.4 is 5.32 Å². The number of rotatable bonds is 5. The number of carbonyl (C=O) groups is 1. The molecule has 2 heterocycles. The monoisotopic (exact) mass is 305 g/mol. The number of H-pyrrole nitrogens is 1. The Bertz CT molecular complexity index is 651. The Morgan fingerprint density at radius 2 is 2.18 bits per heavy atom. The van der Waals surface area contributed by atoms with Crippen LogP contribution >= 0.6 is 0 Å². The molecule has 1 atom stereocenters. The van der Waals surface area contributed by atoms with Gasteiger partial charge in [0.2, 0.25) is 0 Å². The second kappa shape index (κ2) is 6.81. The standard InChI is InChI=1S/C16H21N3O2.H2O/c1-19(2)6-5-12-9-17-15-4-3-11(8-14(12)15)7-13-10-21-16(20)18-13;/h3-4,8-9,13,17H,5-7,10H2,1-2H3,(H,18,20);1H2. The van der Waals surface area contributed by atoms with Crippen molar-refractivity contribution in [3.63, 3.8) is 0 Å². The summed E-state index contributed by atoms with van der Waals surface area (Å²) in [5.74, 6) is 0. The van der Waals surface area contributed by atoms with E-state index in [9.17, 15) is 4.79 Å². The lowest BCUT2D eigenvalue weighted by Crippen LogP contribution is -2.28. The number of cyclic esters (lactones) is 1. The van der Waals surface area contributed by atoms with Gasteiger partial charge < -0.3 is 25.4 Å². The number of aromatic amines is 1. The van der Waals surface area contributed by atoms with Crippen LogP contribution in [0.2, 0.25) is 0 Å². The maximum atomic E-state index is 11.1. The van der Waals surface area contributed by atoms with E-state index < -0.39 is 0 Å². The van der Waals surface area contributed by atoms with Gasteiger partial charge >= 0.3 is 6.09 Å². The molecule has 4 N–H and O–H groups in total. The number of hydrogen-bond donors (Lipinski definition) is 2. The van der Waals surface area contributed by atoms with E-state index in [1.54, 1.807) is 0 Å². The smallest absolute Gasteiger partial charge is 0.407 e. The average molecular weight is 305 g/mol. The van der Waals surface area contributed by atoms with Crippen molar-refractivity contribution in [2.45, 2.75) is 18.9 Å². The summed E-state index contributed by atoms with van der Waals surface area (Å²) in [6.07, 6.45) is 3.62. The molecule has 0 aliphatic carbocycles. The van der Waals surface area contributed by atoms with Crippen molar-refractivity contribution in [3.8, 4) is 0 Å². The molecule has 2 aromatic rings. The number of fused-ring (bicyclic) bond motifs is 1. The van der Waals surface area contributed by atoms with Gasteiger partial charge in [0.05, 0.1) is 6.04 Å². The second-order valence-corrected chi connectivity index (χ2v) is 5.89. The van der Waals surface area contributed by atoms with E-state index >= 15 is 0 Å². The van der Waals surface area contributed by atoms with E-state index in [1.165, 1.54) is 22.0 Å². The van der Waals surface area contributed by atoms with E-state index in [1.807, 2.05) is 0 Å². The predicted octanol–water partition coefficient (Wildman–Crippen LogP) is 1.10. The number of alkyl carbamates (subject to hydrolysis) is 1. The lowest BCUT2D eigenvalue weighted by molar-refractivity contribution is 0.177. The van der Waals surface area contributed by atoms with E-state index in [0.29, 0.717) is 6.61 Å². The fraction of sp³-hybridized carbons (Fsp3) is 0.438. The van der Waals surface area contributed by atoms with Gasteiger partial charge in [0, 0.05) is 23.6 Å². The van der Waals surface area contributed by atoms with Crippen molar-refractivity contribution >= 4 is 17.0 Å². The number of ether oxygens (including phenoxy) is 1. The minimum atomic E-state index is -0.311. The Balaban J connectivity index is 0.00000176. The van der Waals surface area contributed by atoms with Gasteiger partial charge in [-0.15, -0.1) is 0 Å². The van der Waals surface area contributed by atoms with E-state index in [-0.39, 0.29) is 17.6 Å². The molecule has 6 nitrogen and oxygen atoms in total. The van der Waals surface area contributed by atoms with Crippen molar-refractivity contribution in [3.05, 3.63) is 35.5 Å². The van der Waals surface area contributed by atoms with Crippen LogP contribution in [0, 0.1) is 0 Å². The molecule has 1 saturated heterocycles. The molecular formula is C16H23N3O3. The molecule has 1 aliphatic rings. The van der Waals surface area contributed by atoms with Crippen molar-refractivity contribution < 1.29 is 15.0 Å².